The lowest BCUT2D eigenvalue weighted by Crippen LogP contribution is -2.53. The summed E-state index contributed by atoms with van der Waals surface area (Å²) in [5, 5.41) is 8.66. The normalized spacial score (nSPS) is 16.1. The Morgan fingerprint density at radius 2 is 1.78 bits per heavy atom. The fraction of sp³-hybridized carbons (Fsp3) is 0.556. The van der Waals surface area contributed by atoms with Gasteiger partial charge in [0.05, 0.1) is 0 Å². The van der Waals surface area contributed by atoms with Crippen LogP contribution in [0, 0.1) is 5.92 Å². The Kier molecular flexibility index (Phi) is 6.44. The van der Waals surface area contributed by atoms with Gasteiger partial charge in [-0.2, -0.15) is 0 Å². The summed E-state index contributed by atoms with van der Waals surface area (Å²) < 4.78 is 0. The van der Waals surface area contributed by atoms with Crippen molar-refractivity contribution in [3.63, 3.8) is 0 Å². The van der Waals surface area contributed by atoms with Crippen LogP contribution in [0.4, 0.5) is 4.79 Å². The predicted octanol–water partition coefficient (Wildman–Crippen LogP) is 2.57. The first kappa shape index (κ1) is 17.3. The van der Waals surface area contributed by atoms with Crippen molar-refractivity contribution < 1.29 is 9.59 Å². The topological polar surface area (TPSA) is 70.2 Å². The van der Waals surface area contributed by atoms with Crippen LogP contribution in [0.25, 0.3) is 0 Å². The fourth-order valence-electron chi connectivity index (χ4n) is 2.87. The Bertz CT molecular complexity index is 510. The van der Waals surface area contributed by atoms with E-state index in [9.17, 15) is 9.59 Å². The molecule has 0 bridgehead atoms. The second-order valence-electron chi connectivity index (χ2n) is 6.52. The van der Waals surface area contributed by atoms with Gasteiger partial charge in [0.2, 0.25) is 5.91 Å². The maximum absolute atomic E-state index is 12.4. The molecular formula is C18H27N3O2. The maximum Gasteiger partial charge on any atom is 0.315 e. The third-order valence-corrected chi connectivity index (χ3v) is 4.23. The van der Waals surface area contributed by atoms with Crippen LogP contribution in [-0.4, -0.2) is 24.0 Å². The van der Waals surface area contributed by atoms with E-state index in [-0.39, 0.29) is 23.9 Å². The SMILES string of the molecule is CC(C)[C@H](NC(=O)NCc1ccccc1)C(=O)NC1CCCC1. The molecule has 1 atom stereocenters. The lowest BCUT2D eigenvalue weighted by Gasteiger charge is -2.24. The van der Waals surface area contributed by atoms with Crippen LogP contribution in [0.1, 0.15) is 45.1 Å². The molecule has 1 aromatic rings. The van der Waals surface area contributed by atoms with Crippen LogP contribution < -0.4 is 16.0 Å². The number of carbonyl (C=O) groups is 2. The molecular weight excluding hydrogens is 290 g/mol. The van der Waals surface area contributed by atoms with E-state index in [1.165, 1.54) is 12.8 Å². The van der Waals surface area contributed by atoms with E-state index in [0.29, 0.717) is 6.54 Å². The quantitative estimate of drug-likeness (QED) is 0.754. The lowest BCUT2D eigenvalue weighted by atomic mass is 10.0. The van der Waals surface area contributed by atoms with Gasteiger partial charge in [0.15, 0.2) is 0 Å². The number of rotatable bonds is 6. The van der Waals surface area contributed by atoms with E-state index < -0.39 is 6.04 Å². The summed E-state index contributed by atoms with van der Waals surface area (Å²) in [7, 11) is 0. The minimum Gasteiger partial charge on any atom is -0.352 e. The van der Waals surface area contributed by atoms with E-state index in [4.69, 9.17) is 0 Å². The highest BCUT2D eigenvalue weighted by molar-refractivity contribution is 5.87. The van der Waals surface area contributed by atoms with Crippen molar-refractivity contribution in [2.75, 3.05) is 0 Å². The van der Waals surface area contributed by atoms with Gasteiger partial charge >= 0.3 is 6.03 Å². The van der Waals surface area contributed by atoms with Gasteiger partial charge < -0.3 is 16.0 Å². The number of benzene rings is 1. The standard InChI is InChI=1S/C18H27N3O2/c1-13(2)16(17(22)20-15-10-6-7-11-15)21-18(23)19-12-14-8-4-3-5-9-14/h3-5,8-9,13,15-16H,6-7,10-12H2,1-2H3,(H,20,22)(H2,19,21,23)/t16-/m0/s1. The van der Waals surface area contributed by atoms with E-state index in [1.807, 2.05) is 44.2 Å². The summed E-state index contributed by atoms with van der Waals surface area (Å²) in [6.45, 7) is 4.33. The van der Waals surface area contributed by atoms with Crippen molar-refractivity contribution in [2.45, 2.75) is 58.2 Å². The van der Waals surface area contributed by atoms with Gasteiger partial charge in [-0.3, -0.25) is 4.79 Å². The Morgan fingerprint density at radius 1 is 1.13 bits per heavy atom. The summed E-state index contributed by atoms with van der Waals surface area (Å²) in [5.74, 6) is -0.0411. The highest BCUT2D eigenvalue weighted by Crippen LogP contribution is 2.18. The van der Waals surface area contributed by atoms with Crippen molar-refractivity contribution in [1.29, 1.82) is 0 Å². The van der Waals surface area contributed by atoms with E-state index in [2.05, 4.69) is 16.0 Å². The summed E-state index contributed by atoms with van der Waals surface area (Å²) in [4.78, 5) is 24.5. The molecule has 1 aromatic carbocycles. The fourth-order valence-corrected chi connectivity index (χ4v) is 2.87. The first-order valence-corrected chi connectivity index (χ1v) is 8.45. The van der Waals surface area contributed by atoms with Crippen LogP contribution in [0.2, 0.25) is 0 Å². The van der Waals surface area contributed by atoms with Gasteiger partial charge in [0.1, 0.15) is 6.04 Å². The highest BCUT2D eigenvalue weighted by Gasteiger charge is 2.27. The van der Waals surface area contributed by atoms with Crippen molar-refractivity contribution in [1.82, 2.24) is 16.0 Å². The summed E-state index contributed by atoms with van der Waals surface area (Å²) in [6.07, 6.45) is 4.41. The summed E-state index contributed by atoms with van der Waals surface area (Å²) in [5.41, 5.74) is 1.03. The second-order valence-corrected chi connectivity index (χ2v) is 6.52. The minimum atomic E-state index is -0.508. The first-order chi connectivity index (χ1) is 11.1. The number of hydrogen-bond donors (Lipinski definition) is 3. The van der Waals surface area contributed by atoms with Crippen molar-refractivity contribution >= 4 is 11.9 Å². The molecule has 1 aliphatic carbocycles. The monoisotopic (exact) mass is 317 g/mol. The highest BCUT2D eigenvalue weighted by atomic mass is 16.2. The molecule has 1 fully saturated rings. The van der Waals surface area contributed by atoms with E-state index in [0.717, 1.165) is 18.4 Å². The molecule has 0 unspecified atom stereocenters. The number of nitrogens with one attached hydrogen (secondary N) is 3. The molecule has 2 rings (SSSR count). The largest absolute Gasteiger partial charge is 0.352 e. The average molecular weight is 317 g/mol. The minimum absolute atomic E-state index is 0.0406. The zero-order valence-electron chi connectivity index (χ0n) is 14.0. The van der Waals surface area contributed by atoms with Crippen LogP contribution in [0.3, 0.4) is 0 Å². The number of carbonyl (C=O) groups excluding carboxylic acids is 2. The second kappa shape index (κ2) is 8.56. The molecule has 0 aromatic heterocycles. The van der Waals surface area contributed by atoms with Crippen LogP contribution in [-0.2, 0) is 11.3 Å². The summed E-state index contributed by atoms with van der Waals surface area (Å²) in [6, 6.07) is 9.14. The zero-order valence-corrected chi connectivity index (χ0v) is 14.0. The molecule has 0 aliphatic heterocycles. The van der Waals surface area contributed by atoms with E-state index in [1.54, 1.807) is 0 Å². The molecule has 126 valence electrons. The van der Waals surface area contributed by atoms with Gasteiger partial charge in [-0.15, -0.1) is 0 Å². The van der Waals surface area contributed by atoms with Crippen LogP contribution in [0.5, 0.6) is 0 Å². The molecule has 5 nitrogen and oxygen atoms in total. The smallest absolute Gasteiger partial charge is 0.315 e. The molecule has 23 heavy (non-hydrogen) atoms. The van der Waals surface area contributed by atoms with Crippen molar-refractivity contribution in [3.8, 4) is 0 Å². The van der Waals surface area contributed by atoms with Crippen LogP contribution in [0.15, 0.2) is 30.3 Å². The Hall–Kier alpha value is -2.04. The molecule has 0 spiro atoms. The number of hydrogen-bond acceptors (Lipinski definition) is 2. The summed E-state index contributed by atoms with van der Waals surface area (Å²) >= 11 is 0. The van der Waals surface area contributed by atoms with Crippen LogP contribution >= 0.6 is 0 Å². The Labute approximate surface area is 138 Å². The molecule has 1 aliphatic rings. The average Bonchev–Trinajstić information content (AvgIpc) is 3.04. The van der Waals surface area contributed by atoms with Gasteiger partial charge in [0.25, 0.3) is 0 Å². The molecule has 3 amide bonds. The number of urea groups is 1. The van der Waals surface area contributed by atoms with Crippen molar-refractivity contribution in [3.05, 3.63) is 35.9 Å². The van der Waals surface area contributed by atoms with E-state index >= 15 is 0 Å². The van der Waals surface area contributed by atoms with Gasteiger partial charge in [0, 0.05) is 12.6 Å². The van der Waals surface area contributed by atoms with Gasteiger partial charge in [-0.1, -0.05) is 57.0 Å². The predicted molar refractivity (Wildman–Crippen MR) is 90.8 cm³/mol. The molecule has 3 N–H and O–H groups in total. The zero-order chi connectivity index (χ0) is 16.7. The number of amides is 3. The molecule has 5 heteroatoms. The third-order valence-electron chi connectivity index (χ3n) is 4.23. The van der Waals surface area contributed by atoms with Gasteiger partial charge in [-0.05, 0) is 24.3 Å². The third kappa shape index (κ3) is 5.58. The molecule has 1 saturated carbocycles. The Balaban J connectivity index is 1.82. The first-order valence-electron chi connectivity index (χ1n) is 8.45. The lowest BCUT2D eigenvalue weighted by molar-refractivity contribution is -0.124. The molecule has 0 heterocycles. The van der Waals surface area contributed by atoms with Crippen molar-refractivity contribution in [2.24, 2.45) is 5.92 Å². The van der Waals surface area contributed by atoms with Gasteiger partial charge in [-0.25, -0.2) is 4.79 Å². The maximum atomic E-state index is 12.4. The molecule has 0 radical (unpaired) electrons. The molecule has 0 saturated heterocycles. The Morgan fingerprint density at radius 3 is 2.39 bits per heavy atom.